The Morgan fingerprint density at radius 1 is 0.700 bits per heavy atom. The summed E-state index contributed by atoms with van der Waals surface area (Å²) < 4.78 is 10.3. The molecule has 0 fully saturated rings. The maximum Gasteiger partial charge on any atom is 0.339 e. The van der Waals surface area contributed by atoms with Gasteiger partial charge in [0.1, 0.15) is 0 Å². The van der Waals surface area contributed by atoms with Gasteiger partial charge in [0.2, 0.25) is 0 Å². The van der Waals surface area contributed by atoms with Crippen LogP contribution in [0.5, 0.6) is 0 Å². The van der Waals surface area contributed by atoms with Gasteiger partial charge < -0.3 is 9.47 Å². The molecule has 4 heteroatoms. The molecule has 3 aromatic rings. The summed E-state index contributed by atoms with van der Waals surface area (Å²) in [4.78, 5) is 24.8. The van der Waals surface area contributed by atoms with Crippen LogP contribution in [0.1, 0.15) is 51.3 Å². The summed E-state index contributed by atoms with van der Waals surface area (Å²) in [6.45, 7) is 3.91. The van der Waals surface area contributed by atoms with Gasteiger partial charge in [0.15, 0.2) is 0 Å². The smallest absolute Gasteiger partial charge is 0.339 e. The van der Waals surface area contributed by atoms with Crippen molar-refractivity contribution in [2.75, 3.05) is 13.2 Å². The Kier molecular flexibility index (Phi) is 7.17. The van der Waals surface area contributed by atoms with Gasteiger partial charge >= 0.3 is 11.9 Å². The number of hydrogen-bond donors (Lipinski definition) is 0. The second kappa shape index (κ2) is 10.2. The summed E-state index contributed by atoms with van der Waals surface area (Å²) in [5.74, 6) is -1.08. The number of carbonyl (C=O) groups is 2. The van der Waals surface area contributed by atoms with Crippen LogP contribution in [0.4, 0.5) is 0 Å². The Morgan fingerprint density at radius 2 is 1.20 bits per heavy atom. The topological polar surface area (TPSA) is 52.6 Å². The van der Waals surface area contributed by atoms with Gasteiger partial charge in [-0.05, 0) is 54.3 Å². The molecular weight excluding hydrogens is 376 g/mol. The van der Waals surface area contributed by atoms with Crippen LogP contribution in [0, 0.1) is 0 Å². The van der Waals surface area contributed by atoms with E-state index in [0.29, 0.717) is 0 Å². The van der Waals surface area contributed by atoms with E-state index in [9.17, 15) is 9.59 Å². The lowest BCUT2D eigenvalue weighted by atomic mass is 9.94. The summed E-state index contributed by atoms with van der Waals surface area (Å²) in [7, 11) is 0. The summed E-state index contributed by atoms with van der Waals surface area (Å²) in [5.41, 5.74) is 4.30. The minimum atomic E-state index is -0.545. The van der Waals surface area contributed by atoms with Gasteiger partial charge in [-0.25, -0.2) is 9.59 Å². The Hall–Kier alpha value is -3.66. The van der Waals surface area contributed by atoms with E-state index in [1.54, 1.807) is 32.0 Å². The number of esters is 2. The molecule has 0 aliphatic heterocycles. The molecule has 3 aromatic carbocycles. The van der Waals surface area contributed by atoms with Crippen molar-refractivity contribution in [1.82, 2.24) is 0 Å². The monoisotopic (exact) mass is 400 g/mol. The van der Waals surface area contributed by atoms with Crippen molar-refractivity contribution in [1.29, 1.82) is 0 Å². The van der Waals surface area contributed by atoms with Crippen LogP contribution in [-0.2, 0) is 9.47 Å². The normalized spacial score (nSPS) is 10.2. The Bertz CT molecular complexity index is 996. The lowest BCUT2D eigenvalue weighted by Crippen LogP contribution is -2.14. The average molecular weight is 400 g/mol. The van der Waals surface area contributed by atoms with Crippen LogP contribution in [0.15, 0.2) is 78.9 Å². The molecular formula is C26H24O4. The fourth-order valence-electron chi connectivity index (χ4n) is 3.15. The lowest BCUT2D eigenvalue weighted by molar-refractivity contribution is 0.0479. The van der Waals surface area contributed by atoms with Crippen molar-refractivity contribution >= 4 is 23.6 Å². The molecule has 0 aromatic heterocycles. The van der Waals surface area contributed by atoms with Crippen LogP contribution in [0.2, 0.25) is 0 Å². The van der Waals surface area contributed by atoms with Crippen LogP contribution < -0.4 is 0 Å². The molecule has 0 unspecified atom stereocenters. The quantitative estimate of drug-likeness (QED) is 0.381. The zero-order valence-electron chi connectivity index (χ0n) is 17.1. The first-order chi connectivity index (χ1) is 14.6. The zero-order chi connectivity index (χ0) is 21.3. The fraction of sp³-hybridized carbons (Fsp3) is 0.154. The van der Waals surface area contributed by atoms with Crippen molar-refractivity contribution in [3.05, 3.63) is 107 Å². The van der Waals surface area contributed by atoms with Crippen molar-refractivity contribution in [2.45, 2.75) is 13.8 Å². The van der Waals surface area contributed by atoms with Gasteiger partial charge in [-0.1, -0.05) is 66.7 Å². The second-order valence-corrected chi connectivity index (χ2v) is 6.54. The lowest BCUT2D eigenvalue weighted by Gasteiger charge is -2.12. The maximum absolute atomic E-state index is 12.5. The van der Waals surface area contributed by atoms with Crippen LogP contribution in [0.25, 0.3) is 11.6 Å². The van der Waals surface area contributed by atoms with Gasteiger partial charge in [0, 0.05) is 0 Å². The summed E-state index contributed by atoms with van der Waals surface area (Å²) >= 11 is 0. The van der Waals surface area contributed by atoms with E-state index in [-0.39, 0.29) is 24.3 Å². The largest absolute Gasteiger partial charge is 0.462 e. The summed E-state index contributed by atoms with van der Waals surface area (Å²) in [6, 6.07) is 25.1. The average Bonchev–Trinajstić information content (AvgIpc) is 2.79. The number of benzene rings is 3. The van der Waals surface area contributed by atoms with Gasteiger partial charge in [-0.2, -0.15) is 0 Å². The third-order valence-corrected chi connectivity index (χ3v) is 4.51. The molecule has 0 atom stereocenters. The minimum Gasteiger partial charge on any atom is -0.462 e. The predicted molar refractivity (Wildman–Crippen MR) is 118 cm³/mol. The molecule has 0 saturated carbocycles. The zero-order valence-corrected chi connectivity index (χ0v) is 17.1. The molecule has 4 nitrogen and oxygen atoms in total. The fourth-order valence-corrected chi connectivity index (χ4v) is 3.15. The molecule has 152 valence electrons. The van der Waals surface area contributed by atoms with E-state index in [1.165, 1.54) is 0 Å². The molecule has 0 N–H and O–H groups in total. The minimum absolute atomic E-state index is 0.199. The van der Waals surface area contributed by atoms with Crippen molar-refractivity contribution in [3.8, 4) is 0 Å². The Morgan fingerprint density at radius 3 is 1.70 bits per heavy atom. The highest BCUT2D eigenvalue weighted by atomic mass is 16.5. The van der Waals surface area contributed by atoms with Gasteiger partial charge in [-0.3, -0.25) is 0 Å². The molecule has 0 bridgehead atoms. The third kappa shape index (κ3) is 5.03. The Balaban J connectivity index is 2.12. The highest BCUT2D eigenvalue weighted by molar-refractivity contribution is 6.04. The maximum atomic E-state index is 12.5. The molecule has 0 saturated heterocycles. The van der Waals surface area contributed by atoms with E-state index < -0.39 is 11.9 Å². The van der Waals surface area contributed by atoms with E-state index in [4.69, 9.17) is 9.47 Å². The number of ether oxygens (including phenoxy) is 2. The van der Waals surface area contributed by atoms with Crippen LogP contribution in [0.3, 0.4) is 0 Å². The number of rotatable bonds is 7. The number of hydrogen-bond acceptors (Lipinski definition) is 4. The molecule has 0 spiro atoms. The molecule has 30 heavy (non-hydrogen) atoms. The molecule has 0 aliphatic rings. The second-order valence-electron chi connectivity index (χ2n) is 6.54. The van der Waals surface area contributed by atoms with Crippen molar-refractivity contribution in [3.63, 3.8) is 0 Å². The van der Waals surface area contributed by atoms with Crippen LogP contribution >= 0.6 is 0 Å². The molecule has 0 amide bonds. The van der Waals surface area contributed by atoms with E-state index in [2.05, 4.69) is 0 Å². The first-order valence-corrected chi connectivity index (χ1v) is 9.94. The van der Waals surface area contributed by atoms with Gasteiger partial charge in [0.05, 0.1) is 24.3 Å². The Labute approximate surface area is 176 Å². The summed E-state index contributed by atoms with van der Waals surface area (Å²) in [5, 5.41) is 0. The van der Waals surface area contributed by atoms with E-state index >= 15 is 0 Å². The summed E-state index contributed by atoms with van der Waals surface area (Å²) in [6.07, 6.45) is 2.00. The SMILES string of the molecule is CCOC(=O)c1ccc(C=C(c2ccccc2)c2ccccc2)cc1C(=O)OCC. The molecule has 0 radical (unpaired) electrons. The van der Waals surface area contributed by atoms with Gasteiger partial charge in [-0.15, -0.1) is 0 Å². The first kappa shape index (κ1) is 21.1. The van der Waals surface area contributed by atoms with E-state index in [0.717, 1.165) is 22.3 Å². The highest BCUT2D eigenvalue weighted by Crippen LogP contribution is 2.27. The highest BCUT2D eigenvalue weighted by Gasteiger charge is 2.19. The molecule has 3 rings (SSSR count). The van der Waals surface area contributed by atoms with Gasteiger partial charge in [0.25, 0.3) is 0 Å². The van der Waals surface area contributed by atoms with E-state index in [1.807, 2.05) is 66.7 Å². The van der Waals surface area contributed by atoms with Crippen molar-refractivity contribution in [2.24, 2.45) is 0 Å². The molecule has 0 aliphatic carbocycles. The third-order valence-electron chi connectivity index (χ3n) is 4.51. The number of carbonyl (C=O) groups excluding carboxylic acids is 2. The first-order valence-electron chi connectivity index (χ1n) is 9.94. The van der Waals surface area contributed by atoms with Crippen LogP contribution in [-0.4, -0.2) is 25.2 Å². The predicted octanol–water partition coefficient (Wildman–Crippen LogP) is 5.63. The molecule has 0 heterocycles. The van der Waals surface area contributed by atoms with Crippen molar-refractivity contribution < 1.29 is 19.1 Å². The standard InChI is InChI=1S/C26H24O4/c1-3-29-25(27)22-16-15-19(18-24(22)26(28)30-4-2)17-23(20-11-7-5-8-12-20)21-13-9-6-10-14-21/h5-18H,3-4H2,1-2H3.